The molecule has 2 saturated carbocycles. The molecule has 438 valence electrons. The standard InChI is InChI=1S/C29H37ClN7O4P.C29H39ClN7O2P/c1-35(2)19-10-12-29(13-11-19)17-36(18-29)23-15-25(41-3)22(14-24(23)37(38)39)33-28-31-16-20(30)27(34-28)32-21-8-6-7-9-26(21)42(4,5)40;1-36(2)19-10-12-29(13-11-19)17-37(18-29)24-15-25(39-3)23(14-21(24)31)34-28-32-16-20(30)27(35-28)33-22-8-6-7-9-26(22)40(4,5)38/h6-9,14-16,19H,10-13,17-18H2,1-5H3,(H2,31,32,33,34);6-9,14-16,19H,10-13,17-18,31H2,1-5H3,(H2,32,33,34,35). The Labute approximate surface area is 491 Å². The van der Waals surface area contributed by atoms with E-state index in [-0.39, 0.29) is 27.0 Å². The second-order valence-corrected chi connectivity index (χ2v) is 30.7. The van der Waals surface area contributed by atoms with Gasteiger partial charge < -0.3 is 65.2 Å². The first-order chi connectivity index (χ1) is 38.9. The molecule has 2 aliphatic carbocycles. The minimum absolute atomic E-state index is 0.0157. The Bertz CT molecular complexity index is 3400. The molecule has 4 heterocycles. The molecule has 6 aromatic rings. The molecule has 4 aliphatic rings. The highest BCUT2D eigenvalue weighted by Gasteiger charge is 2.48. The fourth-order valence-corrected chi connectivity index (χ4v) is 14.5. The minimum Gasteiger partial charge on any atom is -0.494 e. The average Bonchev–Trinajstić information content (AvgIpc) is 3.62. The van der Waals surface area contributed by atoms with E-state index in [1.165, 1.54) is 51.3 Å². The van der Waals surface area contributed by atoms with Crippen LogP contribution in [-0.4, -0.2) is 142 Å². The molecular formula is C58H76Cl2N14O6P2. The van der Waals surface area contributed by atoms with Gasteiger partial charge in [-0.15, -0.1) is 0 Å². The molecule has 2 saturated heterocycles. The van der Waals surface area contributed by atoms with Crippen LogP contribution in [0.5, 0.6) is 11.5 Å². The first kappa shape index (κ1) is 60.2. The van der Waals surface area contributed by atoms with E-state index in [4.69, 9.17) is 38.4 Å². The molecule has 2 spiro atoms. The number of hydrogen-bond acceptors (Lipinski definition) is 19. The van der Waals surface area contributed by atoms with Crippen molar-refractivity contribution in [1.82, 2.24) is 29.7 Å². The van der Waals surface area contributed by atoms with Crippen LogP contribution in [0.4, 0.5) is 69.0 Å². The summed E-state index contributed by atoms with van der Waals surface area (Å²) in [6.07, 6.45) is 12.5. The van der Waals surface area contributed by atoms with Crippen LogP contribution in [0.1, 0.15) is 51.4 Å². The van der Waals surface area contributed by atoms with Gasteiger partial charge in [-0.25, -0.2) is 9.97 Å². The first-order valence-corrected chi connectivity index (χ1v) is 33.4. The number of rotatable bonds is 17. The van der Waals surface area contributed by atoms with E-state index in [0.29, 0.717) is 91.0 Å². The Hall–Kier alpha value is -6.40. The molecule has 2 aliphatic heterocycles. The van der Waals surface area contributed by atoms with E-state index in [9.17, 15) is 19.2 Å². The quantitative estimate of drug-likeness (QED) is 0.0247. The van der Waals surface area contributed by atoms with Gasteiger partial charge >= 0.3 is 0 Å². The maximum atomic E-state index is 12.8. The number of anilines is 11. The third kappa shape index (κ3) is 13.5. The summed E-state index contributed by atoms with van der Waals surface area (Å²) >= 11 is 12.8. The number of nitro groups is 1. The number of methoxy groups -OCH3 is 2. The molecule has 0 amide bonds. The van der Waals surface area contributed by atoms with Crippen molar-refractivity contribution in [3.63, 3.8) is 0 Å². The van der Waals surface area contributed by atoms with Crippen molar-refractivity contribution in [2.75, 3.05) is 132 Å². The number of nitrogen functional groups attached to an aromatic ring is 1. The normalized spacial score (nSPS) is 17.0. The second-order valence-electron chi connectivity index (χ2n) is 23.5. The van der Waals surface area contributed by atoms with E-state index in [2.05, 4.69) is 89.0 Å². The molecule has 2 aromatic heterocycles. The summed E-state index contributed by atoms with van der Waals surface area (Å²) < 4.78 is 37.0. The lowest BCUT2D eigenvalue weighted by Crippen LogP contribution is -2.59. The number of benzene rings is 4. The lowest BCUT2D eigenvalue weighted by atomic mass is 9.67. The van der Waals surface area contributed by atoms with Crippen LogP contribution >= 0.6 is 37.5 Å². The van der Waals surface area contributed by atoms with Crippen LogP contribution in [-0.2, 0) is 9.13 Å². The number of nitro benzene ring substituents is 1. The topological polar surface area (TPSA) is 234 Å². The number of nitrogens with one attached hydrogen (secondary N) is 4. The van der Waals surface area contributed by atoms with E-state index >= 15 is 0 Å². The fourth-order valence-electron chi connectivity index (χ4n) is 11.9. The van der Waals surface area contributed by atoms with Crippen molar-refractivity contribution >= 4 is 117 Å². The molecule has 10 rings (SSSR count). The zero-order valence-electron chi connectivity index (χ0n) is 48.4. The van der Waals surface area contributed by atoms with Gasteiger partial charge in [0, 0.05) is 77.9 Å². The molecule has 0 radical (unpaired) electrons. The lowest BCUT2D eigenvalue weighted by molar-refractivity contribution is -0.384. The summed E-state index contributed by atoms with van der Waals surface area (Å²) in [6, 6.07) is 23.0. The second kappa shape index (κ2) is 24.4. The lowest BCUT2D eigenvalue weighted by Gasteiger charge is -2.55. The van der Waals surface area contributed by atoms with Gasteiger partial charge in [0.2, 0.25) is 11.9 Å². The predicted octanol–water partition coefficient (Wildman–Crippen LogP) is 11.9. The number of para-hydroxylation sites is 2. The van der Waals surface area contributed by atoms with Gasteiger partial charge in [-0.05, 0) is 137 Å². The highest BCUT2D eigenvalue weighted by molar-refractivity contribution is 7.70. The van der Waals surface area contributed by atoms with E-state index in [1.807, 2.05) is 48.5 Å². The molecule has 4 fully saturated rings. The number of halogens is 2. The van der Waals surface area contributed by atoms with Gasteiger partial charge in [-0.3, -0.25) is 10.1 Å². The van der Waals surface area contributed by atoms with Crippen molar-refractivity contribution in [3.05, 3.63) is 105 Å². The first-order valence-electron chi connectivity index (χ1n) is 27.5. The van der Waals surface area contributed by atoms with E-state index < -0.39 is 14.3 Å². The number of hydrogen-bond donors (Lipinski definition) is 5. The molecule has 24 heteroatoms. The van der Waals surface area contributed by atoms with Crippen molar-refractivity contribution in [2.24, 2.45) is 10.8 Å². The average molecular weight is 1200 g/mol. The van der Waals surface area contributed by atoms with E-state index in [0.717, 1.165) is 62.9 Å². The molecular weight excluding hydrogens is 1120 g/mol. The third-order valence-corrected chi connectivity index (χ3v) is 20.2. The third-order valence-electron chi connectivity index (χ3n) is 16.6. The molecule has 0 bridgehead atoms. The number of aromatic nitrogens is 4. The Morgan fingerprint density at radius 3 is 1.40 bits per heavy atom. The summed E-state index contributed by atoms with van der Waals surface area (Å²) in [5.41, 5.74) is 11.7. The van der Waals surface area contributed by atoms with Crippen molar-refractivity contribution in [2.45, 2.75) is 63.5 Å². The summed E-state index contributed by atoms with van der Waals surface area (Å²) in [7, 11) is 6.68. The number of ether oxygens (including phenoxy) is 2. The molecule has 20 nitrogen and oxygen atoms in total. The van der Waals surface area contributed by atoms with Gasteiger partial charge in [0.15, 0.2) is 11.6 Å². The molecule has 6 N–H and O–H groups in total. The highest BCUT2D eigenvalue weighted by Crippen LogP contribution is 2.51. The van der Waals surface area contributed by atoms with Crippen LogP contribution < -0.4 is 56.9 Å². The zero-order valence-corrected chi connectivity index (χ0v) is 51.7. The van der Waals surface area contributed by atoms with Gasteiger partial charge in [-0.1, -0.05) is 47.5 Å². The molecule has 0 atom stereocenters. The Kier molecular flexibility index (Phi) is 17.9. The van der Waals surface area contributed by atoms with Crippen molar-refractivity contribution < 1.29 is 23.5 Å². The highest BCUT2D eigenvalue weighted by atomic mass is 35.5. The van der Waals surface area contributed by atoms with Crippen LogP contribution in [0.2, 0.25) is 10.0 Å². The Morgan fingerprint density at radius 1 is 0.622 bits per heavy atom. The van der Waals surface area contributed by atoms with Crippen molar-refractivity contribution in [1.29, 1.82) is 0 Å². The zero-order chi connectivity index (χ0) is 58.9. The smallest absolute Gasteiger partial charge is 0.294 e. The van der Waals surface area contributed by atoms with Crippen LogP contribution in [0, 0.1) is 20.9 Å². The van der Waals surface area contributed by atoms with Crippen LogP contribution in [0.15, 0.2) is 85.2 Å². The SMILES string of the molecule is COc1cc(N2CC3(CCC(N(C)C)CC3)C2)c(N)cc1Nc1ncc(Cl)c(Nc2ccccc2P(C)(C)=O)n1.COc1cc(N2CC3(CCC(N(C)C)CC3)C2)c([N+](=O)[O-])cc1Nc1ncc(Cl)c(Nc2ccccc2P(C)(C)=O)n1. The maximum absolute atomic E-state index is 12.8. The maximum Gasteiger partial charge on any atom is 0.294 e. The summed E-state index contributed by atoms with van der Waals surface area (Å²) in [5, 5.41) is 26.9. The Balaban J connectivity index is 0.000000198. The Morgan fingerprint density at radius 2 is 1.01 bits per heavy atom. The monoisotopic (exact) mass is 1200 g/mol. The molecule has 4 aromatic carbocycles. The largest absolute Gasteiger partial charge is 0.494 e. The molecule has 82 heavy (non-hydrogen) atoms. The van der Waals surface area contributed by atoms with Crippen molar-refractivity contribution in [3.8, 4) is 11.5 Å². The molecule has 0 unspecified atom stereocenters. The predicted molar refractivity (Wildman–Crippen MR) is 337 cm³/mol. The number of nitrogens with two attached hydrogens (primary N) is 1. The summed E-state index contributed by atoms with van der Waals surface area (Å²) in [4.78, 5) is 38.6. The minimum atomic E-state index is -2.58. The summed E-state index contributed by atoms with van der Waals surface area (Å²) in [6.45, 7) is 10.5. The van der Waals surface area contributed by atoms with Gasteiger partial charge in [-0.2, -0.15) is 9.97 Å². The van der Waals surface area contributed by atoms with Gasteiger partial charge in [0.05, 0.1) is 65.7 Å². The van der Waals surface area contributed by atoms with Gasteiger partial charge in [0.1, 0.15) is 41.5 Å². The van der Waals surface area contributed by atoms with E-state index in [1.54, 1.807) is 52.0 Å². The van der Waals surface area contributed by atoms with Gasteiger partial charge in [0.25, 0.3) is 5.69 Å². The number of nitrogens with zero attached hydrogens (tertiary/aromatic N) is 9. The fraction of sp³-hybridized carbons (Fsp3) is 0.448. The van der Waals surface area contributed by atoms with Crippen LogP contribution in [0.25, 0.3) is 0 Å². The van der Waals surface area contributed by atoms with Crippen LogP contribution in [0.3, 0.4) is 0 Å². The summed E-state index contributed by atoms with van der Waals surface area (Å²) in [5.74, 6) is 2.28.